The lowest BCUT2D eigenvalue weighted by atomic mass is 9.99. The van der Waals surface area contributed by atoms with Crippen LogP contribution in [0.2, 0.25) is 0 Å². The van der Waals surface area contributed by atoms with Crippen molar-refractivity contribution < 1.29 is 14.6 Å². The summed E-state index contributed by atoms with van der Waals surface area (Å²) in [5.41, 5.74) is 2.73. The highest BCUT2D eigenvalue weighted by Gasteiger charge is 2.34. The van der Waals surface area contributed by atoms with E-state index in [1.54, 1.807) is 35.8 Å². The summed E-state index contributed by atoms with van der Waals surface area (Å²) in [5, 5.41) is 9.86. The fourth-order valence-electron chi connectivity index (χ4n) is 4.13. The maximum absolute atomic E-state index is 13.5. The third-order valence-corrected chi connectivity index (χ3v) is 6.21. The average Bonchev–Trinajstić information content (AvgIpc) is 2.90. The SMILES string of the molecule is C[C@H]1CN([C@@H](C)CO)C(=O)c2cc(C#Cc3ccccn3)cnc2O[C@H]1CN(C)Cc1ccncc1. The molecular formula is C28H31N5O3. The van der Waals surface area contributed by atoms with Crippen LogP contribution in [-0.4, -0.2) is 74.7 Å². The van der Waals surface area contributed by atoms with E-state index in [2.05, 4.69) is 38.6 Å². The van der Waals surface area contributed by atoms with Crippen LogP contribution in [0.15, 0.2) is 61.2 Å². The van der Waals surface area contributed by atoms with Crippen molar-refractivity contribution in [3.8, 4) is 17.7 Å². The number of likely N-dealkylation sites (N-methyl/N-ethyl adjacent to an activating group) is 1. The predicted octanol–water partition coefficient (Wildman–Crippen LogP) is 2.62. The van der Waals surface area contributed by atoms with E-state index < -0.39 is 0 Å². The molecule has 36 heavy (non-hydrogen) atoms. The average molecular weight is 486 g/mol. The van der Waals surface area contributed by atoms with E-state index in [-0.39, 0.29) is 36.5 Å². The third-order valence-electron chi connectivity index (χ3n) is 6.21. The highest BCUT2D eigenvalue weighted by Crippen LogP contribution is 2.27. The number of hydrogen-bond acceptors (Lipinski definition) is 7. The first-order chi connectivity index (χ1) is 17.4. The molecule has 0 bridgehead atoms. The van der Waals surface area contributed by atoms with Crippen molar-refractivity contribution in [3.05, 3.63) is 83.6 Å². The monoisotopic (exact) mass is 485 g/mol. The van der Waals surface area contributed by atoms with Crippen LogP contribution in [0.25, 0.3) is 0 Å². The summed E-state index contributed by atoms with van der Waals surface area (Å²) in [5.74, 6) is 6.12. The van der Waals surface area contributed by atoms with Gasteiger partial charge in [-0.25, -0.2) is 9.97 Å². The van der Waals surface area contributed by atoms with Gasteiger partial charge in [0.1, 0.15) is 17.4 Å². The van der Waals surface area contributed by atoms with Crippen molar-refractivity contribution in [2.24, 2.45) is 5.92 Å². The molecule has 8 nitrogen and oxygen atoms in total. The molecule has 8 heteroatoms. The van der Waals surface area contributed by atoms with Gasteiger partial charge in [0.25, 0.3) is 5.91 Å². The van der Waals surface area contributed by atoms with Gasteiger partial charge in [0.2, 0.25) is 5.88 Å². The lowest BCUT2D eigenvalue weighted by Crippen LogP contribution is -2.49. The zero-order chi connectivity index (χ0) is 25.5. The third kappa shape index (κ3) is 6.25. The highest BCUT2D eigenvalue weighted by molar-refractivity contribution is 5.97. The Morgan fingerprint density at radius 1 is 1.19 bits per heavy atom. The van der Waals surface area contributed by atoms with Gasteiger partial charge in [0, 0.05) is 55.9 Å². The molecule has 4 rings (SSSR count). The molecule has 0 saturated carbocycles. The van der Waals surface area contributed by atoms with Gasteiger partial charge in [-0.05, 0) is 55.8 Å². The first kappa shape index (κ1) is 25.3. The van der Waals surface area contributed by atoms with Crippen molar-refractivity contribution in [1.29, 1.82) is 0 Å². The number of carbonyl (C=O) groups excluding carboxylic acids is 1. The van der Waals surface area contributed by atoms with E-state index in [0.717, 1.165) is 12.1 Å². The molecule has 3 atom stereocenters. The summed E-state index contributed by atoms with van der Waals surface area (Å²) < 4.78 is 6.37. The van der Waals surface area contributed by atoms with Gasteiger partial charge < -0.3 is 14.7 Å². The van der Waals surface area contributed by atoms with Gasteiger partial charge in [-0.2, -0.15) is 0 Å². The van der Waals surface area contributed by atoms with Gasteiger partial charge in [-0.15, -0.1) is 0 Å². The zero-order valence-electron chi connectivity index (χ0n) is 20.8. The minimum absolute atomic E-state index is 0.0152. The molecule has 0 fully saturated rings. The zero-order valence-corrected chi connectivity index (χ0v) is 20.8. The number of aliphatic hydroxyl groups is 1. The molecule has 0 saturated heterocycles. The lowest BCUT2D eigenvalue weighted by Gasteiger charge is -2.37. The molecule has 3 aromatic rings. The lowest BCUT2D eigenvalue weighted by molar-refractivity contribution is 0.0325. The van der Waals surface area contributed by atoms with Crippen LogP contribution in [-0.2, 0) is 6.54 Å². The summed E-state index contributed by atoms with van der Waals surface area (Å²) in [6.07, 6.45) is 6.65. The number of pyridine rings is 3. The molecule has 0 radical (unpaired) electrons. The number of carbonyl (C=O) groups is 1. The van der Waals surface area contributed by atoms with Crippen molar-refractivity contribution in [2.75, 3.05) is 26.7 Å². The van der Waals surface area contributed by atoms with Crippen molar-refractivity contribution in [2.45, 2.75) is 32.5 Å². The molecule has 0 spiro atoms. The normalized spacial score (nSPS) is 18.4. The van der Waals surface area contributed by atoms with Crippen LogP contribution in [0, 0.1) is 17.8 Å². The number of fused-ring (bicyclic) bond motifs is 1. The van der Waals surface area contributed by atoms with Crippen molar-refractivity contribution >= 4 is 5.91 Å². The van der Waals surface area contributed by atoms with Gasteiger partial charge in [0.05, 0.1) is 12.6 Å². The van der Waals surface area contributed by atoms with Crippen LogP contribution >= 0.6 is 0 Å². The second-order valence-electron chi connectivity index (χ2n) is 9.22. The quantitative estimate of drug-likeness (QED) is 0.537. The topological polar surface area (TPSA) is 91.7 Å². The molecule has 1 aliphatic heterocycles. The number of aliphatic hydroxyl groups excluding tert-OH is 1. The van der Waals surface area contributed by atoms with E-state index in [0.29, 0.717) is 29.9 Å². The van der Waals surface area contributed by atoms with Crippen molar-refractivity contribution in [1.82, 2.24) is 24.8 Å². The fraction of sp³-hybridized carbons (Fsp3) is 0.357. The van der Waals surface area contributed by atoms with E-state index in [4.69, 9.17) is 4.74 Å². The first-order valence-electron chi connectivity index (χ1n) is 12.0. The predicted molar refractivity (Wildman–Crippen MR) is 136 cm³/mol. The fourth-order valence-corrected chi connectivity index (χ4v) is 4.13. The molecule has 1 amide bonds. The van der Waals surface area contributed by atoms with Gasteiger partial charge in [-0.1, -0.05) is 18.9 Å². The summed E-state index contributed by atoms with van der Waals surface area (Å²) in [7, 11) is 2.04. The first-order valence-corrected chi connectivity index (χ1v) is 12.0. The number of rotatable bonds is 6. The molecule has 0 aromatic carbocycles. The van der Waals surface area contributed by atoms with Crippen LogP contribution in [0.4, 0.5) is 0 Å². The van der Waals surface area contributed by atoms with Gasteiger partial charge in [0.15, 0.2) is 0 Å². The van der Waals surface area contributed by atoms with Crippen LogP contribution in [0.1, 0.15) is 41.0 Å². The second kappa shape index (κ2) is 11.8. The molecule has 1 N–H and O–H groups in total. The minimum atomic E-state index is -0.343. The Labute approximate surface area is 212 Å². The molecule has 0 unspecified atom stereocenters. The summed E-state index contributed by atoms with van der Waals surface area (Å²) in [6.45, 7) is 5.61. The highest BCUT2D eigenvalue weighted by atomic mass is 16.5. The number of hydrogen-bond donors (Lipinski definition) is 1. The van der Waals surface area contributed by atoms with Gasteiger partial charge in [-0.3, -0.25) is 14.7 Å². The number of nitrogens with zero attached hydrogens (tertiary/aromatic N) is 5. The number of ether oxygens (including phenoxy) is 1. The Hall–Kier alpha value is -3.80. The molecule has 1 aliphatic rings. The Morgan fingerprint density at radius 3 is 2.72 bits per heavy atom. The molecular weight excluding hydrogens is 454 g/mol. The number of aromatic nitrogens is 3. The van der Waals surface area contributed by atoms with E-state index in [9.17, 15) is 9.90 Å². The Balaban J connectivity index is 1.63. The van der Waals surface area contributed by atoms with E-state index >= 15 is 0 Å². The van der Waals surface area contributed by atoms with Crippen LogP contribution in [0.5, 0.6) is 5.88 Å². The standard InChI is InChI=1S/C28H31N5O3/c1-20-16-33(21(2)19-34)28(35)25-14-23(7-8-24-6-4-5-11-30-24)15-31-27(25)36-26(20)18-32(3)17-22-9-12-29-13-10-22/h4-6,9-15,20-21,26,34H,16-19H2,1-3H3/t20-,21-,26-/m0/s1. The van der Waals surface area contributed by atoms with E-state index in [1.807, 2.05) is 44.3 Å². The molecule has 186 valence electrons. The maximum atomic E-state index is 13.5. The summed E-state index contributed by atoms with van der Waals surface area (Å²) in [6, 6.07) is 10.9. The largest absolute Gasteiger partial charge is 0.472 e. The van der Waals surface area contributed by atoms with Crippen LogP contribution in [0.3, 0.4) is 0 Å². The van der Waals surface area contributed by atoms with Crippen molar-refractivity contribution in [3.63, 3.8) is 0 Å². The summed E-state index contributed by atoms with van der Waals surface area (Å²) in [4.78, 5) is 30.2. The van der Waals surface area contributed by atoms with Crippen LogP contribution < -0.4 is 4.74 Å². The summed E-state index contributed by atoms with van der Waals surface area (Å²) >= 11 is 0. The van der Waals surface area contributed by atoms with E-state index in [1.165, 1.54) is 0 Å². The molecule has 3 aromatic heterocycles. The Bertz CT molecular complexity index is 1230. The maximum Gasteiger partial charge on any atom is 0.259 e. The van der Waals surface area contributed by atoms with Gasteiger partial charge >= 0.3 is 0 Å². The minimum Gasteiger partial charge on any atom is -0.472 e. The smallest absolute Gasteiger partial charge is 0.259 e. The Morgan fingerprint density at radius 2 is 2.00 bits per heavy atom. The number of amides is 1. The second-order valence-corrected chi connectivity index (χ2v) is 9.22. The Kier molecular flexibility index (Phi) is 8.26. The molecule has 0 aliphatic carbocycles. The molecule has 4 heterocycles.